The molecule has 1 saturated heterocycles. The molecule has 0 spiro atoms. The van der Waals surface area contributed by atoms with Gasteiger partial charge in [-0.2, -0.15) is 0 Å². The molecule has 1 amide bonds. The zero-order chi connectivity index (χ0) is 17.8. The lowest BCUT2D eigenvalue weighted by atomic mass is 10.2. The first kappa shape index (κ1) is 17.3. The Balaban J connectivity index is 1.53. The van der Waals surface area contributed by atoms with Gasteiger partial charge in [0.05, 0.1) is 9.80 Å². The van der Waals surface area contributed by atoms with Gasteiger partial charge in [-0.15, -0.1) is 11.3 Å². The summed E-state index contributed by atoms with van der Waals surface area (Å²) < 4.78 is 0. The number of rotatable bonds is 3. The molecule has 0 atom stereocenters. The number of thiocarbonyl (C=S) groups is 1. The summed E-state index contributed by atoms with van der Waals surface area (Å²) in [6.07, 6.45) is 0. The van der Waals surface area contributed by atoms with Crippen LogP contribution in [0.5, 0.6) is 0 Å². The van der Waals surface area contributed by atoms with Gasteiger partial charge in [-0.1, -0.05) is 6.07 Å². The molecular weight excluding hydrogens is 360 g/mol. The van der Waals surface area contributed by atoms with Crippen LogP contribution in [-0.4, -0.2) is 47.0 Å². The van der Waals surface area contributed by atoms with Crippen molar-refractivity contribution in [1.29, 1.82) is 0 Å². The second-order valence-corrected chi connectivity index (χ2v) is 6.82. The van der Waals surface area contributed by atoms with E-state index in [9.17, 15) is 14.9 Å². The van der Waals surface area contributed by atoms with Gasteiger partial charge in [0.2, 0.25) is 0 Å². The highest BCUT2D eigenvalue weighted by Crippen LogP contribution is 2.20. The number of benzene rings is 1. The number of hydrogen-bond acceptors (Lipinski definition) is 6. The SMILES string of the molecule is O=C(NC(=S)N1CCN(c2ccc([N+](=O)[O-])cc2)CC1)c1cccs1. The number of piperazine rings is 1. The van der Waals surface area contributed by atoms with Gasteiger partial charge < -0.3 is 9.80 Å². The number of hydrogen-bond donors (Lipinski definition) is 1. The minimum absolute atomic E-state index is 0.0832. The summed E-state index contributed by atoms with van der Waals surface area (Å²) in [6, 6.07) is 10.1. The van der Waals surface area contributed by atoms with Crippen molar-refractivity contribution >= 4 is 45.9 Å². The van der Waals surface area contributed by atoms with Gasteiger partial charge in [0, 0.05) is 44.0 Å². The molecule has 0 saturated carbocycles. The van der Waals surface area contributed by atoms with E-state index in [0.717, 1.165) is 18.8 Å². The molecule has 0 radical (unpaired) electrons. The van der Waals surface area contributed by atoms with Crippen LogP contribution in [0.3, 0.4) is 0 Å². The van der Waals surface area contributed by atoms with Crippen molar-refractivity contribution < 1.29 is 9.72 Å². The summed E-state index contributed by atoms with van der Waals surface area (Å²) in [6.45, 7) is 2.82. The van der Waals surface area contributed by atoms with Crippen LogP contribution >= 0.6 is 23.6 Å². The van der Waals surface area contributed by atoms with Crippen molar-refractivity contribution in [1.82, 2.24) is 10.2 Å². The van der Waals surface area contributed by atoms with Crippen molar-refractivity contribution in [3.05, 3.63) is 56.8 Å². The number of carbonyl (C=O) groups excluding carboxylic acids is 1. The minimum Gasteiger partial charge on any atom is -0.368 e. The molecule has 0 aliphatic carbocycles. The highest BCUT2D eigenvalue weighted by Gasteiger charge is 2.21. The molecule has 1 aromatic carbocycles. The van der Waals surface area contributed by atoms with Crippen molar-refractivity contribution in [2.45, 2.75) is 0 Å². The predicted molar refractivity (Wildman–Crippen MR) is 101 cm³/mol. The van der Waals surface area contributed by atoms with Gasteiger partial charge in [-0.25, -0.2) is 0 Å². The molecule has 0 unspecified atom stereocenters. The van der Waals surface area contributed by atoms with E-state index in [1.165, 1.54) is 23.5 Å². The Hall–Kier alpha value is -2.52. The fourth-order valence-electron chi connectivity index (χ4n) is 2.60. The third-order valence-corrected chi connectivity index (χ3v) is 5.19. The topological polar surface area (TPSA) is 78.7 Å². The molecule has 9 heteroatoms. The summed E-state index contributed by atoms with van der Waals surface area (Å²) in [5, 5.41) is 15.8. The second kappa shape index (κ2) is 7.58. The zero-order valence-electron chi connectivity index (χ0n) is 13.3. The number of amides is 1. The molecule has 1 aliphatic rings. The molecule has 1 aromatic heterocycles. The Morgan fingerprint density at radius 3 is 2.40 bits per heavy atom. The van der Waals surface area contributed by atoms with E-state index in [0.29, 0.717) is 23.1 Å². The van der Waals surface area contributed by atoms with E-state index in [1.54, 1.807) is 18.2 Å². The first-order valence-corrected chi connectivity index (χ1v) is 8.96. The number of carbonyl (C=O) groups is 1. The average molecular weight is 376 g/mol. The van der Waals surface area contributed by atoms with Gasteiger partial charge in [0.15, 0.2) is 5.11 Å². The summed E-state index contributed by atoms with van der Waals surface area (Å²) in [4.78, 5) is 27.1. The Morgan fingerprint density at radius 2 is 1.84 bits per heavy atom. The van der Waals surface area contributed by atoms with Crippen molar-refractivity contribution in [3.8, 4) is 0 Å². The summed E-state index contributed by atoms with van der Waals surface area (Å²) >= 11 is 6.70. The van der Waals surface area contributed by atoms with Gasteiger partial charge in [0.25, 0.3) is 11.6 Å². The monoisotopic (exact) mass is 376 g/mol. The highest BCUT2D eigenvalue weighted by atomic mass is 32.1. The largest absolute Gasteiger partial charge is 0.368 e. The lowest BCUT2D eigenvalue weighted by molar-refractivity contribution is -0.384. The number of anilines is 1. The maximum Gasteiger partial charge on any atom is 0.269 e. The third-order valence-electron chi connectivity index (χ3n) is 3.96. The molecule has 1 N–H and O–H groups in total. The van der Waals surface area contributed by atoms with Crippen LogP contribution < -0.4 is 10.2 Å². The lowest BCUT2D eigenvalue weighted by Crippen LogP contribution is -2.52. The van der Waals surface area contributed by atoms with Gasteiger partial charge in [-0.3, -0.25) is 20.2 Å². The zero-order valence-corrected chi connectivity index (χ0v) is 14.9. The Kier molecular flexibility index (Phi) is 5.25. The Labute approximate surface area is 154 Å². The number of nitro benzene ring substituents is 1. The number of nitrogens with zero attached hydrogens (tertiary/aromatic N) is 3. The van der Waals surface area contributed by atoms with E-state index in [4.69, 9.17) is 12.2 Å². The molecule has 1 aliphatic heterocycles. The molecule has 130 valence electrons. The quantitative estimate of drug-likeness (QED) is 0.504. The standard InChI is InChI=1S/C16H16N4O3S2/c21-15(14-2-1-11-25-14)17-16(24)19-9-7-18(8-10-19)12-3-5-13(6-4-12)20(22)23/h1-6,11H,7-10H2,(H,17,21,24). The van der Waals surface area contributed by atoms with Crippen molar-refractivity contribution in [2.24, 2.45) is 0 Å². The number of non-ortho nitro benzene ring substituents is 1. The Bertz CT molecular complexity index is 769. The van der Waals surface area contributed by atoms with E-state index in [1.807, 2.05) is 16.3 Å². The molecule has 25 heavy (non-hydrogen) atoms. The second-order valence-electron chi connectivity index (χ2n) is 5.48. The Morgan fingerprint density at radius 1 is 1.16 bits per heavy atom. The van der Waals surface area contributed by atoms with Crippen molar-refractivity contribution in [3.63, 3.8) is 0 Å². The van der Waals surface area contributed by atoms with Gasteiger partial charge in [-0.05, 0) is 35.8 Å². The van der Waals surface area contributed by atoms with Gasteiger partial charge in [0.1, 0.15) is 0 Å². The number of nitrogens with one attached hydrogen (secondary N) is 1. The van der Waals surface area contributed by atoms with Gasteiger partial charge >= 0.3 is 0 Å². The molecular formula is C16H16N4O3S2. The van der Waals surface area contributed by atoms with E-state index >= 15 is 0 Å². The fraction of sp³-hybridized carbons (Fsp3) is 0.250. The number of nitro groups is 1. The third kappa shape index (κ3) is 4.12. The normalized spacial score (nSPS) is 14.2. The van der Waals surface area contributed by atoms with Crippen LogP contribution in [0.15, 0.2) is 41.8 Å². The van der Waals surface area contributed by atoms with Crippen molar-refractivity contribution in [2.75, 3.05) is 31.1 Å². The smallest absolute Gasteiger partial charge is 0.269 e. The van der Waals surface area contributed by atoms with E-state index in [2.05, 4.69) is 10.2 Å². The maximum atomic E-state index is 12.1. The van der Waals surface area contributed by atoms with E-state index < -0.39 is 4.92 Å². The molecule has 7 nitrogen and oxygen atoms in total. The maximum absolute atomic E-state index is 12.1. The van der Waals surface area contributed by atoms with Crippen LogP contribution in [0, 0.1) is 10.1 Å². The first-order chi connectivity index (χ1) is 12.0. The lowest BCUT2D eigenvalue weighted by Gasteiger charge is -2.37. The molecule has 2 heterocycles. The first-order valence-electron chi connectivity index (χ1n) is 7.68. The minimum atomic E-state index is -0.406. The number of thiophene rings is 1. The summed E-state index contributed by atoms with van der Waals surface area (Å²) in [5.74, 6) is -0.183. The predicted octanol–water partition coefficient (Wildman–Crippen LogP) is 2.49. The highest BCUT2D eigenvalue weighted by molar-refractivity contribution is 7.80. The molecule has 3 rings (SSSR count). The molecule has 2 aromatic rings. The van der Waals surface area contributed by atoms with E-state index in [-0.39, 0.29) is 11.6 Å². The molecule has 0 bridgehead atoms. The fourth-order valence-corrected chi connectivity index (χ4v) is 3.49. The summed E-state index contributed by atoms with van der Waals surface area (Å²) in [5.41, 5.74) is 1.03. The van der Waals surface area contributed by atoms with Crippen LogP contribution in [0.4, 0.5) is 11.4 Å². The molecule has 1 fully saturated rings. The summed E-state index contributed by atoms with van der Waals surface area (Å²) in [7, 11) is 0. The van der Waals surface area contributed by atoms with Crippen LogP contribution in [0.1, 0.15) is 9.67 Å². The average Bonchev–Trinajstić information content (AvgIpc) is 3.17. The van der Waals surface area contributed by atoms with Crippen LogP contribution in [-0.2, 0) is 0 Å². The van der Waals surface area contributed by atoms with Crippen LogP contribution in [0.2, 0.25) is 0 Å². The van der Waals surface area contributed by atoms with Crippen LogP contribution in [0.25, 0.3) is 0 Å².